The first-order valence-electron chi connectivity index (χ1n) is 19.2. The lowest BCUT2D eigenvalue weighted by Gasteiger charge is -2.29. The lowest BCUT2D eigenvalue weighted by atomic mass is 10.1. The number of unbranched alkanes of at least 4 members (excludes halogenated alkanes) is 19. The zero-order valence-electron chi connectivity index (χ0n) is 31.2. The summed E-state index contributed by atoms with van der Waals surface area (Å²) in [5.41, 5.74) is 0. The molecule has 3 atom stereocenters. The molecule has 0 aromatic rings. The monoisotopic (exact) mass is 687 g/mol. The number of nitrogens with zero attached hydrogens (tertiary/aromatic N) is 1. The Bertz CT molecular complexity index is 829. The molecule has 0 saturated carbocycles. The van der Waals surface area contributed by atoms with Crippen LogP contribution in [0, 0.1) is 0 Å². The summed E-state index contributed by atoms with van der Waals surface area (Å²) in [6.45, 7) is 4.59. The molecule has 3 unspecified atom stereocenters. The van der Waals surface area contributed by atoms with E-state index in [0.29, 0.717) is 17.4 Å². The summed E-state index contributed by atoms with van der Waals surface area (Å²) in [6.07, 6.45) is 33.6. The average Bonchev–Trinajstić information content (AvgIpc) is 3.01. The number of hydrogen-bond acceptors (Lipinski definition) is 6. The fourth-order valence-electron chi connectivity index (χ4n) is 5.26. The highest BCUT2D eigenvalue weighted by Crippen LogP contribution is 2.38. The Morgan fingerprint density at radius 2 is 1.17 bits per heavy atom. The predicted octanol–water partition coefficient (Wildman–Crippen LogP) is 9.16. The maximum Gasteiger partial charge on any atom is 0.268 e. The number of phosphoric acid groups is 1. The number of carbonyl (C=O) groups excluding carboxylic acids is 1. The van der Waals surface area contributed by atoms with Crippen molar-refractivity contribution in [3.05, 3.63) is 24.3 Å². The standard InChI is InChI=1S/C38H75N2O6P/c1-6-8-10-12-14-16-18-19-20-21-22-24-26-28-30-32-38(42)39-36(35-46-47(43,44)45-34-33-40(3,4)5)37(41)31-29-27-25-23-17-15-13-11-9-7-2/h16,18,29,31,36-37,41H,6-15,17,19-28,30,32-35H2,1-5H3,(H-,39,42,43,44)/b18-16-,31-29+. The molecule has 0 aliphatic carbocycles. The van der Waals surface area contributed by atoms with Gasteiger partial charge in [0.05, 0.1) is 39.9 Å². The molecule has 0 aromatic carbocycles. The number of phosphoric ester groups is 1. The second kappa shape index (κ2) is 31.0. The van der Waals surface area contributed by atoms with Crippen molar-refractivity contribution >= 4 is 13.7 Å². The number of likely N-dealkylation sites (N-methyl/N-ethyl adjacent to an activating group) is 1. The van der Waals surface area contributed by atoms with Gasteiger partial charge in [-0.15, -0.1) is 0 Å². The van der Waals surface area contributed by atoms with E-state index in [9.17, 15) is 19.4 Å². The van der Waals surface area contributed by atoms with E-state index in [1.165, 1.54) is 103 Å². The van der Waals surface area contributed by atoms with Crippen molar-refractivity contribution in [2.24, 2.45) is 0 Å². The van der Waals surface area contributed by atoms with Crippen LogP contribution in [0.1, 0.15) is 162 Å². The van der Waals surface area contributed by atoms with E-state index in [2.05, 4.69) is 31.3 Å². The van der Waals surface area contributed by atoms with Crippen molar-refractivity contribution in [1.82, 2.24) is 5.32 Å². The summed E-state index contributed by atoms with van der Waals surface area (Å²) in [7, 11) is 1.25. The number of rotatable bonds is 34. The first-order chi connectivity index (χ1) is 22.5. The minimum Gasteiger partial charge on any atom is -0.756 e. The zero-order valence-corrected chi connectivity index (χ0v) is 32.1. The molecule has 0 aliphatic rings. The van der Waals surface area contributed by atoms with Crippen molar-refractivity contribution in [2.75, 3.05) is 40.9 Å². The average molecular weight is 687 g/mol. The van der Waals surface area contributed by atoms with E-state index in [-0.39, 0.29) is 19.1 Å². The normalized spacial score (nSPS) is 15.0. The van der Waals surface area contributed by atoms with E-state index in [0.717, 1.165) is 38.5 Å². The molecule has 1 amide bonds. The molecule has 0 bridgehead atoms. The molecule has 0 spiro atoms. The fraction of sp³-hybridized carbons (Fsp3) is 0.868. The topological polar surface area (TPSA) is 108 Å². The van der Waals surface area contributed by atoms with Gasteiger partial charge in [0.25, 0.3) is 7.82 Å². The van der Waals surface area contributed by atoms with Crippen LogP contribution in [0.5, 0.6) is 0 Å². The number of allylic oxidation sites excluding steroid dienone is 3. The molecule has 47 heavy (non-hydrogen) atoms. The molecule has 8 nitrogen and oxygen atoms in total. The van der Waals surface area contributed by atoms with Crippen LogP contribution in [0.15, 0.2) is 24.3 Å². The SMILES string of the molecule is CCCCCC/C=C\CCCCCCCCCC(=O)NC(COP(=O)([O-])OCC[N+](C)(C)C)C(O)/C=C/CCCCCCCCCC. The first-order valence-corrected chi connectivity index (χ1v) is 20.7. The van der Waals surface area contributed by atoms with E-state index in [4.69, 9.17) is 9.05 Å². The maximum absolute atomic E-state index is 12.8. The van der Waals surface area contributed by atoms with E-state index in [1.807, 2.05) is 27.2 Å². The van der Waals surface area contributed by atoms with E-state index in [1.54, 1.807) is 6.08 Å². The zero-order chi connectivity index (χ0) is 35.1. The lowest BCUT2D eigenvalue weighted by Crippen LogP contribution is -2.45. The molecular formula is C38H75N2O6P. The van der Waals surface area contributed by atoms with Crippen molar-refractivity contribution in [2.45, 2.75) is 174 Å². The van der Waals surface area contributed by atoms with Gasteiger partial charge >= 0.3 is 0 Å². The molecule has 0 radical (unpaired) electrons. The van der Waals surface area contributed by atoms with Gasteiger partial charge in [-0.3, -0.25) is 9.36 Å². The first kappa shape index (κ1) is 46.0. The summed E-state index contributed by atoms with van der Waals surface area (Å²) < 4.78 is 23.0. The van der Waals surface area contributed by atoms with Crippen molar-refractivity contribution < 1.29 is 32.9 Å². The third-order valence-electron chi connectivity index (χ3n) is 8.41. The Morgan fingerprint density at radius 3 is 1.68 bits per heavy atom. The third-order valence-corrected chi connectivity index (χ3v) is 9.37. The van der Waals surface area contributed by atoms with E-state index < -0.39 is 20.0 Å². The summed E-state index contributed by atoms with van der Waals surface area (Å²) in [5, 5.41) is 13.7. The van der Waals surface area contributed by atoms with Crippen LogP contribution in [0.4, 0.5) is 0 Å². The van der Waals surface area contributed by atoms with Crippen molar-refractivity contribution in [3.63, 3.8) is 0 Å². The van der Waals surface area contributed by atoms with Gasteiger partial charge in [-0.05, 0) is 44.9 Å². The van der Waals surface area contributed by atoms with Gasteiger partial charge in [0.1, 0.15) is 13.2 Å². The van der Waals surface area contributed by atoms with Gasteiger partial charge in [-0.25, -0.2) is 0 Å². The van der Waals surface area contributed by atoms with E-state index >= 15 is 0 Å². The molecule has 278 valence electrons. The highest BCUT2D eigenvalue weighted by molar-refractivity contribution is 7.45. The van der Waals surface area contributed by atoms with Crippen LogP contribution in [-0.4, -0.2) is 68.5 Å². The minimum atomic E-state index is -4.57. The number of carbonyl (C=O) groups is 1. The third kappa shape index (κ3) is 33.3. The number of hydrogen-bond donors (Lipinski definition) is 2. The number of quaternary nitrogens is 1. The Morgan fingerprint density at radius 1 is 0.723 bits per heavy atom. The van der Waals surface area contributed by atoms with Crippen LogP contribution in [-0.2, 0) is 18.4 Å². The van der Waals surface area contributed by atoms with Crippen LogP contribution >= 0.6 is 7.82 Å². The van der Waals surface area contributed by atoms with Gasteiger partial charge in [0.2, 0.25) is 5.91 Å². The number of aliphatic hydroxyl groups excluding tert-OH is 1. The van der Waals surface area contributed by atoms with Crippen LogP contribution < -0.4 is 10.2 Å². The van der Waals surface area contributed by atoms with Gasteiger partial charge in [-0.2, -0.15) is 0 Å². The minimum absolute atomic E-state index is 0.00138. The largest absolute Gasteiger partial charge is 0.756 e. The van der Waals surface area contributed by atoms with Crippen LogP contribution in [0.25, 0.3) is 0 Å². The van der Waals surface area contributed by atoms with Gasteiger partial charge in [0.15, 0.2) is 0 Å². The molecule has 0 aromatic heterocycles. The summed E-state index contributed by atoms with van der Waals surface area (Å²) in [4.78, 5) is 25.1. The van der Waals surface area contributed by atoms with Crippen molar-refractivity contribution in [1.29, 1.82) is 0 Å². The predicted molar refractivity (Wildman–Crippen MR) is 196 cm³/mol. The lowest BCUT2D eigenvalue weighted by molar-refractivity contribution is -0.870. The molecule has 2 N–H and O–H groups in total. The van der Waals surface area contributed by atoms with Gasteiger partial charge in [0, 0.05) is 6.42 Å². The molecule has 0 fully saturated rings. The Kier molecular flexibility index (Phi) is 30.3. The maximum atomic E-state index is 12.8. The smallest absolute Gasteiger partial charge is 0.268 e. The summed E-state index contributed by atoms with van der Waals surface area (Å²) in [5.74, 6) is -0.206. The fourth-order valence-corrected chi connectivity index (χ4v) is 5.99. The second-order valence-corrected chi connectivity index (χ2v) is 15.7. The van der Waals surface area contributed by atoms with Crippen molar-refractivity contribution in [3.8, 4) is 0 Å². The highest BCUT2D eigenvalue weighted by atomic mass is 31.2. The number of aliphatic hydroxyl groups is 1. The molecule has 9 heteroatoms. The highest BCUT2D eigenvalue weighted by Gasteiger charge is 2.23. The quantitative estimate of drug-likeness (QED) is 0.0303. The Hall–Kier alpha value is -1.02. The number of nitrogens with one attached hydrogen (secondary N) is 1. The molecule has 0 heterocycles. The molecule has 0 saturated heterocycles. The summed E-state index contributed by atoms with van der Waals surface area (Å²) in [6, 6.07) is -0.882. The molecule has 0 rings (SSSR count). The van der Waals surface area contributed by atoms with Crippen LogP contribution in [0.3, 0.4) is 0 Å². The summed E-state index contributed by atoms with van der Waals surface area (Å²) >= 11 is 0. The number of amides is 1. The van der Waals surface area contributed by atoms with Gasteiger partial charge < -0.3 is 28.8 Å². The van der Waals surface area contributed by atoms with Crippen LogP contribution in [0.2, 0.25) is 0 Å². The second-order valence-electron chi connectivity index (χ2n) is 14.3. The molecule has 0 aliphatic heterocycles. The molecular weight excluding hydrogens is 611 g/mol. The Balaban J connectivity index is 4.50. The van der Waals surface area contributed by atoms with Gasteiger partial charge in [-0.1, -0.05) is 134 Å². The Labute approximate surface area is 290 Å².